The van der Waals surface area contributed by atoms with Crippen LogP contribution < -0.4 is 9.64 Å². The zero-order valence-electron chi connectivity index (χ0n) is 14.8. The summed E-state index contributed by atoms with van der Waals surface area (Å²) in [5.41, 5.74) is 2.67. The molecule has 5 nitrogen and oxygen atoms in total. The van der Waals surface area contributed by atoms with Crippen LogP contribution in [-0.2, 0) is 14.3 Å². The van der Waals surface area contributed by atoms with Gasteiger partial charge in [0.2, 0.25) is 5.91 Å². The third kappa shape index (κ3) is 3.19. The highest BCUT2D eigenvalue weighted by Gasteiger charge is 2.42. The standard InChI is InChI=1S/C21H18ClNO4/c1-2-26-16-8-6-13(7-9-16)17-11-19(24)23(15-5-3-4-14(22)10-15)18-12-27-21(25)20(17)18/h3-10,17H,2,11-12H2,1H3. The number of rotatable bonds is 4. The molecule has 0 N–H and O–H groups in total. The second-order valence-corrected chi connectivity index (χ2v) is 6.84. The van der Waals surface area contributed by atoms with Crippen molar-refractivity contribution in [2.75, 3.05) is 18.1 Å². The third-order valence-corrected chi connectivity index (χ3v) is 5.01. The van der Waals surface area contributed by atoms with Gasteiger partial charge in [-0.15, -0.1) is 0 Å². The maximum absolute atomic E-state index is 13.0. The van der Waals surface area contributed by atoms with E-state index in [-0.39, 0.29) is 30.8 Å². The molecule has 0 fully saturated rings. The van der Waals surface area contributed by atoms with Crippen LogP contribution in [0.25, 0.3) is 0 Å². The number of anilines is 1. The maximum atomic E-state index is 13.0. The minimum Gasteiger partial charge on any atom is -0.494 e. The van der Waals surface area contributed by atoms with Gasteiger partial charge in [-0.2, -0.15) is 0 Å². The SMILES string of the molecule is CCOc1ccc(C2CC(=O)N(c3cccc(Cl)c3)C3=C2C(=O)OC3)cc1. The topological polar surface area (TPSA) is 55.8 Å². The maximum Gasteiger partial charge on any atom is 0.336 e. The van der Waals surface area contributed by atoms with E-state index in [1.54, 1.807) is 29.2 Å². The molecule has 0 aliphatic carbocycles. The summed E-state index contributed by atoms with van der Waals surface area (Å²) in [6.45, 7) is 2.58. The predicted molar refractivity (Wildman–Crippen MR) is 102 cm³/mol. The Morgan fingerprint density at radius 3 is 2.67 bits per heavy atom. The Balaban J connectivity index is 1.75. The van der Waals surface area contributed by atoms with Crippen LogP contribution in [-0.4, -0.2) is 25.1 Å². The van der Waals surface area contributed by atoms with Crippen molar-refractivity contribution in [3.05, 3.63) is 70.4 Å². The summed E-state index contributed by atoms with van der Waals surface area (Å²) in [5.74, 6) is -0.0302. The first-order valence-corrected chi connectivity index (χ1v) is 9.17. The lowest BCUT2D eigenvalue weighted by Gasteiger charge is -2.32. The molecule has 0 aromatic heterocycles. The van der Waals surface area contributed by atoms with Gasteiger partial charge in [-0.25, -0.2) is 4.79 Å². The number of hydrogen-bond acceptors (Lipinski definition) is 4. The molecular formula is C21H18ClNO4. The summed E-state index contributed by atoms with van der Waals surface area (Å²) in [5, 5.41) is 0.529. The monoisotopic (exact) mass is 383 g/mol. The summed E-state index contributed by atoms with van der Waals surface area (Å²) in [7, 11) is 0. The van der Waals surface area contributed by atoms with Crippen LogP contribution in [0.3, 0.4) is 0 Å². The van der Waals surface area contributed by atoms with Crippen molar-refractivity contribution in [3.8, 4) is 5.75 Å². The van der Waals surface area contributed by atoms with Crippen molar-refractivity contribution < 1.29 is 19.1 Å². The van der Waals surface area contributed by atoms with E-state index >= 15 is 0 Å². The van der Waals surface area contributed by atoms with E-state index in [1.807, 2.05) is 31.2 Å². The molecule has 2 heterocycles. The van der Waals surface area contributed by atoms with Crippen molar-refractivity contribution in [3.63, 3.8) is 0 Å². The summed E-state index contributed by atoms with van der Waals surface area (Å²) in [6, 6.07) is 14.5. The molecule has 0 saturated carbocycles. The molecule has 2 aliphatic heterocycles. The number of hydrogen-bond donors (Lipinski definition) is 0. The van der Waals surface area contributed by atoms with Gasteiger partial charge >= 0.3 is 5.97 Å². The Labute approximate surface area is 162 Å². The van der Waals surface area contributed by atoms with E-state index < -0.39 is 0 Å². The molecule has 0 radical (unpaired) electrons. The number of cyclic esters (lactones) is 1. The van der Waals surface area contributed by atoms with Gasteiger partial charge in [0.1, 0.15) is 12.4 Å². The van der Waals surface area contributed by atoms with Crippen LogP contribution in [0.5, 0.6) is 5.75 Å². The highest BCUT2D eigenvalue weighted by Crippen LogP contribution is 2.42. The molecule has 2 aromatic carbocycles. The highest BCUT2D eigenvalue weighted by molar-refractivity contribution is 6.31. The van der Waals surface area contributed by atoms with Crippen LogP contribution in [0, 0.1) is 0 Å². The zero-order chi connectivity index (χ0) is 19.0. The summed E-state index contributed by atoms with van der Waals surface area (Å²) < 4.78 is 10.8. The molecule has 2 aliphatic rings. The summed E-state index contributed by atoms with van der Waals surface area (Å²) in [4.78, 5) is 27.0. The van der Waals surface area contributed by atoms with Crippen LogP contribution >= 0.6 is 11.6 Å². The Morgan fingerprint density at radius 2 is 1.96 bits per heavy atom. The first-order valence-electron chi connectivity index (χ1n) is 8.80. The predicted octanol–water partition coefficient (Wildman–Crippen LogP) is 4.07. The van der Waals surface area contributed by atoms with Gasteiger partial charge in [-0.3, -0.25) is 9.69 Å². The van der Waals surface area contributed by atoms with Crippen molar-refractivity contribution in [1.82, 2.24) is 0 Å². The molecule has 0 bridgehead atoms. The first-order chi connectivity index (χ1) is 13.1. The molecule has 0 saturated heterocycles. The normalized spacial score (nSPS) is 19.2. The van der Waals surface area contributed by atoms with E-state index in [9.17, 15) is 9.59 Å². The molecular weight excluding hydrogens is 366 g/mol. The number of amides is 1. The number of esters is 1. The highest BCUT2D eigenvalue weighted by atomic mass is 35.5. The van der Waals surface area contributed by atoms with Crippen molar-refractivity contribution in [2.45, 2.75) is 19.3 Å². The fraction of sp³-hybridized carbons (Fsp3) is 0.238. The van der Waals surface area contributed by atoms with Crippen LogP contribution in [0.1, 0.15) is 24.8 Å². The van der Waals surface area contributed by atoms with Crippen LogP contribution in [0.2, 0.25) is 5.02 Å². The lowest BCUT2D eigenvalue weighted by Crippen LogP contribution is -2.37. The molecule has 27 heavy (non-hydrogen) atoms. The first kappa shape index (κ1) is 17.6. The molecule has 1 atom stereocenters. The van der Waals surface area contributed by atoms with Crippen LogP contribution in [0.15, 0.2) is 59.8 Å². The van der Waals surface area contributed by atoms with Gasteiger partial charge in [-0.05, 0) is 42.8 Å². The fourth-order valence-corrected chi connectivity index (χ4v) is 3.80. The largest absolute Gasteiger partial charge is 0.494 e. The smallest absolute Gasteiger partial charge is 0.336 e. The number of halogens is 1. The Kier molecular flexibility index (Phi) is 4.62. The van der Waals surface area contributed by atoms with E-state index in [4.69, 9.17) is 21.1 Å². The van der Waals surface area contributed by atoms with Gasteiger partial charge in [0.15, 0.2) is 0 Å². The van der Waals surface area contributed by atoms with Crippen molar-refractivity contribution in [1.29, 1.82) is 0 Å². The van der Waals surface area contributed by atoms with Gasteiger partial charge in [0.05, 0.1) is 23.6 Å². The average molecular weight is 384 g/mol. The third-order valence-electron chi connectivity index (χ3n) is 4.78. The second kappa shape index (κ2) is 7.08. The van der Waals surface area contributed by atoms with Crippen molar-refractivity contribution >= 4 is 29.2 Å². The average Bonchev–Trinajstić information content (AvgIpc) is 3.03. The number of carbonyl (C=O) groups excluding carboxylic acids is 2. The number of ether oxygens (including phenoxy) is 2. The summed E-state index contributed by atoms with van der Waals surface area (Å²) >= 11 is 6.08. The van der Waals surface area contributed by atoms with E-state index in [2.05, 4.69) is 0 Å². The van der Waals surface area contributed by atoms with E-state index in [0.717, 1.165) is 11.3 Å². The Hall–Kier alpha value is -2.79. The molecule has 138 valence electrons. The molecule has 0 spiro atoms. The number of benzene rings is 2. The lowest BCUT2D eigenvalue weighted by atomic mass is 9.84. The number of carbonyl (C=O) groups is 2. The van der Waals surface area contributed by atoms with Crippen molar-refractivity contribution in [2.24, 2.45) is 0 Å². The van der Waals surface area contributed by atoms with Gasteiger partial charge in [0, 0.05) is 17.4 Å². The molecule has 1 unspecified atom stereocenters. The van der Waals surface area contributed by atoms with E-state index in [0.29, 0.717) is 28.6 Å². The number of nitrogens with zero attached hydrogens (tertiary/aromatic N) is 1. The fourth-order valence-electron chi connectivity index (χ4n) is 3.62. The van der Waals surface area contributed by atoms with Crippen LogP contribution in [0.4, 0.5) is 5.69 Å². The van der Waals surface area contributed by atoms with Gasteiger partial charge in [-0.1, -0.05) is 29.8 Å². The Bertz CT molecular complexity index is 935. The minimum absolute atomic E-state index is 0.0833. The molecule has 1 amide bonds. The minimum atomic E-state index is -0.372. The van der Waals surface area contributed by atoms with Gasteiger partial charge in [0.25, 0.3) is 0 Å². The second-order valence-electron chi connectivity index (χ2n) is 6.40. The zero-order valence-corrected chi connectivity index (χ0v) is 15.5. The lowest BCUT2D eigenvalue weighted by molar-refractivity contribution is -0.136. The Morgan fingerprint density at radius 1 is 1.19 bits per heavy atom. The quantitative estimate of drug-likeness (QED) is 0.747. The molecule has 2 aromatic rings. The molecule has 4 rings (SSSR count). The van der Waals surface area contributed by atoms with E-state index in [1.165, 1.54) is 0 Å². The molecule has 6 heteroatoms. The summed E-state index contributed by atoms with van der Waals surface area (Å²) in [6.07, 6.45) is 0.189. The van der Waals surface area contributed by atoms with Gasteiger partial charge < -0.3 is 9.47 Å².